The monoisotopic (exact) mass is 225 g/mol. The molecular weight excluding hydrogens is 214 g/mol. The molecule has 0 saturated heterocycles. The van der Waals surface area contributed by atoms with Gasteiger partial charge in [0.25, 0.3) is 0 Å². The standard InChI is InChI=1S/C11H12ClNO2/c1-2-15-11(14)8-3-5-9-7(8)4-6-10(12)13-9/h4,6,8H,2-3,5H2,1H3. The fourth-order valence-electron chi connectivity index (χ4n) is 1.93. The van der Waals surface area contributed by atoms with E-state index in [4.69, 9.17) is 16.3 Å². The summed E-state index contributed by atoms with van der Waals surface area (Å²) in [6, 6.07) is 3.59. The maximum atomic E-state index is 11.6. The molecule has 80 valence electrons. The Labute approximate surface area is 93.4 Å². The quantitative estimate of drug-likeness (QED) is 0.573. The number of hydrogen-bond acceptors (Lipinski definition) is 3. The minimum atomic E-state index is -0.152. The lowest BCUT2D eigenvalue weighted by molar-refractivity contribution is -0.144. The summed E-state index contributed by atoms with van der Waals surface area (Å²) < 4.78 is 5.01. The van der Waals surface area contributed by atoms with Gasteiger partial charge in [0, 0.05) is 5.69 Å². The van der Waals surface area contributed by atoms with Gasteiger partial charge in [0.1, 0.15) is 5.15 Å². The number of carbonyl (C=O) groups is 1. The second-order valence-corrected chi connectivity index (χ2v) is 3.90. The van der Waals surface area contributed by atoms with Gasteiger partial charge in [-0.2, -0.15) is 0 Å². The Morgan fingerprint density at radius 2 is 2.47 bits per heavy atom. The Balaban J connectivity index is 2.25. The lowest BCUT2D eigenvalue weighted by Gasteiger charge is -2.09. The van der Waals surface area contributed by atoms with Gasteiger partial charge in [0.2, 0.25) is 0 Å². The molecular formula is C11H12ClNO2. The van der Waals surface area contributed by atoms with Crippen molar-refractivity contribution in [1.82, 2.24) is 4.98 Å². The highest BCUT2D eigenvalue weighted by Gasteiger charge is 2.30. The van der Waals surface area contributed by atoms with Gasteiger partial charge in [0.05, 0.1) is 12.5 Å². The number of fused-ring (bicyclic) bond motifs is 1. The molecule has 2 rings (SSSR count). The molecule has 0 N–H and O–H groups in total. The highest BCUT2D eigenvalue weighted by atomic mass is 35.5. The molecule has 1 unspecified atom stereocenters. The number of aryl methyl sites for hydroxylation is 1. The maximum absolute atomic E-state index is 11.6. The van der Waals surface area contributed by atoms with E-state index in [1.54, 1.807) is 6.07 Å². The molecule has 4 heteroatoms. The van der Waals surface area contributed by atoms with Gasteiger partial charge >= 0.3 is 5.97 Å². The third kappa shape index (κ3) is 1.97. The SMILES string of the molecule is CCOC(=O)C1CCc2nc(Cl)ccc21. The smallest absolute Gasteiger partial charge is 0.313 e. The Hall–Kier alpha value is -1.09. The van der Waals surface area contributed by atoms with E-state index in [0.717, 1.165) is 24.1 Å². The summed E-state index contributed by atoms with van der Waals surface area (Å²) in [4.78, 5) is 15.8. The van der Waals surface area contributed by atoms with E-state index < -0.39 is 0 Å². The van der Waals surface area contributed by atoms with Crippen LogP contribution in [-0.4, -0.2) is 17.6 Å². The molecule has 0 bridgehead atoms. The second kappa shape index (κ2) is 4.19. The molecule has 0 radical (unpaired) electrons. The zero-order valence-electron chi connectivity index (χ0n) is 8.50. The van der Waals surface area contributed by atoms with Crippen LogP contribution < -0.4 is 0 Å². The summed E-state index contributed by atoms with van der Waals surface area (Å²) >= 11 is 5.78. The summed E-state index contributed by atoms with van der Waals surface area (Å²) in [5.74, 6) is -0.301. The Morgan fingerprint density at radius 3 is 3.20 bits per heavy atom. The normalized spacial score (nSPS) is 18.7. The van der Waals surface area contributed by atoms with Gasteiger partial charge in [0.15, 0.2) is 0 Å². The molecule has 0 fully saturated rings. The number of pyridine rings is 1. The Kier molecular flexibility index (Phi) is 2.91. The van der Waals surface area contributed by atoms with E-state index in [9.17, 15) is 4.79 Å². The lowest BCUT2D eigenvalue weighted by Crippen LogP contribution is -2.13. The van der Waals surface area contributed by atoms with Gasteiger partial charge in [-0.05, 0) is 31.4 Å². The van der Waals surface area contributed by atoms with Crippen molar-refractivity contribution in [3.63, 3.8) is 0 Å². The van der Waals surface area contributed by atoms with E-state index >= 15 is 0 Å². The predicted octanol–water partition coefficient (Wildman–Crippen LogP) is 2.33. The van der Waals surface area contributed by atoms with Gasteiger partial charge in [-0.1, -0.05) is 17.7 Å². The molecule has 15 heavy (non-hydrogen) atoms. The first kappa shape index (κ1) is 10.4. The van der Waals surface area contributed by atoms with Crippen molar-refractivity contribution >= 4 is 17.6 Å². The number of aromatic nitrogens is 1. The minimum Gasteiger partial charge on any atom is -0.466 e. The van der Waals surface area contributed by atoms with Crippen LogP contribution in [0.5, 0.6) is 0 Å². The van der Waals surface area contributed by atoms with Crippen LogP contribution >= 0.6 is 11.6 Å². The van der Waals surface area contributed by atoms with E-state index in [1.807, 2.05) is 13.0 Å². The molecule has 1 heterocycles. The van der Waals surface area contributed by atoms with E-state index in [1.165, 1.54) is 0 Å². The molecule has 1 aromatic heterocycles. The highest BCUT2D eigenvalue weighted by molar-refractivity contribution is 6.29. The van der Waals surface area contributed by atoms with Crippen molar-refractivity contribution in [3.05, 3.63) is 28.5 Å². The largest absolute Gasteiger partial charge is 0.466 e. The average Bonchev–Trinajstić information content (AvgIpc) is 2.60. The van der Waals surface area contributed by atoms with E-state index in [2.05, 4.69) is 4.98 Å². The second-order valence-electron chi connectivity index (χ2n) is 3.51. The van der Waals surface area contributed by atoms with Crippen molar-refractivity contribution in [3.8, 4) is 0 Å². The fourth-order valence-corrected chi connectivity index (χ4v) is 2.09. The number of halogens is 1. The van der Waals surface area contributed by atoms with Crippen LogP contribution in [0.2, 0.25) is 5.15 Å². The van der Waals surface area contributed by atoms with Crippen molar-refractivity contribution in [1.29, 1.82) is 0 Å². The first-order valence-electron chi connectivity index (χ1n) is 5.04. The van der Waals surface area contributed by atoms with Crippen LogP contribution in [0.15, 0.2) is 12.1 Å². The third-order valence-electron chi connectivity index (χ3n) is 2.59. The summed E-state index contributed by atoms with van der Waals surface area (Å²) in [5, 5.41) is 0.484. The van der Waals surface area contributed by atoms with E-state index in [-0.39, 0.29) is 11.9 Å². The van der Waals surface area contributed by atoms with Gasteiger partial charge < -0.3 is 4.74 Å². The molecule has 0 saturated carbocycles. The fraction of sp³-hybridized carbons (Fsp3) is 0.455. The van der Waals surface area contributed by atoms with Crippen molar-refractivity contribution < 1.29 is 9.53 Å². The van der Waals surface area contributed by atoms with Gasteiger partial charge in [-0.3, -0.25) is 4.79 Å². The highest BCUT2D eigenvalue weighted by Crippen LogP contribution is 2.33. The van der Waals surface area contributed by atoms with Crippen LogP contribution in [-0.2, 0) is 16.0 Å². The molecule has 1 aliphatic carbocycles. The molecule has 0 aliphatic heterocycles. The van der Waals surface area contributed by atoms with Crippen LogP contribution in [0, 0.1) is 0 Å². The van der Waals surface area contributed by atoms with Crippen LogP contribution in [0.25, 0.3) is 0 Å². The molecule has 3 nitrogen and oxygen atoms in total. The van der Waals surface area contributed by atoms with Crippen molar-refractivity contribution in [2.75, 3.05) is 6.61 Å². The molecule has 0 amide bonds. The topological polar surface area (TPSA) is 39.2 Å². The summed E-state index contributed by atoms with van der Waals surface area (Å²) in [6.45, 7) is 2.24. The maximum Gasteiger partial charge on any atom is 0.313 e. The number of hydrogen-bond donors (Lipinski definition) is 0. The zero-order chi connectivity index (χ0) is 10.8. The number of ether oxygens (including phenoxy) is 1. The van der Waals surface area contributed by atoms with Crippen molar-refractivity contribution in [2.45, 2.75) is 25.7 Å². The Bertz CT molecular complexity index is 392. The zero-order valence-corrected chi connectivity index (χ0v) is 9.25. The lowest BCUT2D eigenvalue weighted by atomic mass is 10.0. The van der Waals surface area contributed by atoms with Crippen LogP contribution in [0.3, 0.4) is 0 Å². The van der Waals surface area contributed by atoms with Crippen LogP contribution in [0.1, 0.15) is 30.5 Å². The number of carbonyl (C=O) groups excluding carboxylic acids is 1. The van der Waals surface area contributed by atoms with Crippen molar-refractivity contribution in [2.24, 2.45) is 0 Å². The number of nitrogens with zero attached hydrogens (tertiary/aromatic N) is 1. The summed E-state index contributed by atoms with van der Waals surface area (Å²) in [6.07, 6.45) is 1.58. The first-order valence-corrected chi connectivity index (χ1v) is 5.42. The average molecular weight is 226 g/mol. The van der Waals surface area contributed by atoms with E-state index in [0.29, 0.717) is 11.8 Å². The minimum absolute atomic E-state index is 0.148. The van der Waals surface area contributed by atoms with Gasteiger partial charge in [-0.25, -0.2) is 4.98 Å². The summed E-state index contributed by atoms with van der Waals surface area (Å²) in [7, 11) is 0. The summed E-state index contributed by atoms with van der Waals surface area (Å²) in [5.41, 5.74) is 1.90. The molecule has 0 aromatic carbocycles. The van der Waals surface area contributed by atoms with Crippen LogP contribution in [0.4, 0.5) is 0 Å². The third-order valence-corrected chi connectivity index (χ3v) is 2.80. The van der Waals surface area contributed by atoms with Gasteiger partial charge in [-0.15, -0.1) is 0 Å². The number of rotatable bonds is 2. The molecule has 1 atom stereocenters. The Morgan fingerprint density at radius 1 is 1.67 bits per heavy atom. The molecule has 1 aromatic rings. The molecule has 1 aliphatic rings. The first-order chi connectivity index (χ1) is 7.22. The molecule has 0 spiro atoms. The predicted molar refractivity (Wildman–Crippen MR) is 56.9 cm³/mol. The number of esters is 1.